The molecular weight excluding hydrogens is 368 g/mol. The first-order valence-electron chi connectivity index (χ1n) is 9.21. The van der Waals surface area contributed by atoms with Crippen LogP contribution in [0.5, 0.6) is 0 Å². The van der Waals surface area contributed by atoms with E-state index < -0.39 is 0 Å². The number of amides is 1. The van der Waals surface area contributed by atoms with Gasteiger partial charge in [-0.15, -0.1) is 0 Å². The number of hydrogen-bond donors (Lipinski definition) is 1. The van der Waals surface area contributed by atoms with Crippen molar-refractivity contribution in [2.45, 2.75) is 0 Å². The molecule has 6 heteroatoms. The first-order valence-corrected chi connectivity index (χ1v) is 10.1. The number of nitrogens with one attached hydrogen (secondary N) is 1. The third-order valence-electron chi connectivity index (χ3n) is 4.75. The average Bonchev–Trinajstić information content (AvgIpc) is 3.21. The minimum atomic E-state index is -0.199. The molecule has 2 aliphatic heterocycles. The zero-order valence-corrected chi connectivity index (χ0v) is 16.2. The number of rotatable bonds is 3. The van der Waals surface area contributed by atoms with Gasteiger partial charge in [0.1, 0.15) is 16.7 Å². The highest BCUT2D eigenvalue weighted by Gasteiger charge is 2.31. The lowest BCUT2D eigenvalue weighted by Gasteiger charge is -2.29. The maximum absolute atomic E-state index is 13.1. The normalized spacial score (nSPS) is 18.5. The van der Waals surface area contributed by atoms with E-state index in [0.29, 0.717) is 18.1 Å². The van der Waals surface area contributed by atoms with Crippen molar-refractivity contribution in [3.63, 3.8) is 0 Å². The molecule has 0 radical (unpaired) electrons. The third-order valence-corrected chi connectivity index (χ3v) is 5.70. The summed E-state index contributed by atoms with van der Waals surface area (Å²) in [5.74, 6) is -0.199. The molecule has 0 saturated carbocycles. The summed E-state index contributed by atoms with van der Waals surface area (Å²) in [6.07, 6.45) is 0. The average molecular weight is 388 g/mol. The van der Waals surface area contributed by atoms with Gasteiger partial charge in [0.15, 0.2) is 0 Å². The zero-order chi connectivity index (χ0) is 19.3. The van der Waals surface area contributed by atoms with Crippen LogP contribution in [0, 0.1) is 11.3 Å². The molecule has 28 heavy (non-hydrogen) atoms. The number of carbonyl (C=O) groups is 1. The van der Waals surface area contributed by atoms with Crippen molar-refractivity contribution in [2.75, 3.05) is 31.1 Å². The molecule has 1 amide bonds. The van der Waals surface area contributed by atoms with Crippen molar-refractivity contribution in [2.24, 2.45) is 0 Å². The number of para-hydroxylation sites is 1. The van der Waals surface area contributed by atoms with Gasteiger partial charge in [-0.05, 0) is 17.7 Å². The van der Waals surface area contributed by atoms with Crippen molar-refractivity contribution in [3.05, 3.63) is 82.2 Å². The minimum Gasteiger partial charge on any atom is -0.335 e. The quantitative estimate of drug-likeness (QED) is 0.645. The molecule has 2 aromatic carbocycles. The van der Waals surface area contributed by atoms with E-state index in [1.807, 2.05) is 71.0 Å². The molecule has 2 aliphatic rings. The molecule has 1 N–H and O–H groups in total. The van der Waals surface area contributed by atoms with Gasteiger partial charge in [0.2, 0.25) is 0 Å². The first-order chi connectivity index (χ1) is 13.8. The second-order valence-electron chi connectivity index (χ2n) is 6.49. The predicted molar refractivity (Wildman–Crippen MR) is 113 cm³/mol. The van der Waals surface area contributed by atoms with Crippen LogP contribution in [0.15, 0.2) is 76.7 Å². The van der Waals surface area contributed by atoms with Gasteiger partial charge in [-0.3, -0.25) is 4.79 Å². The fraction of sp³-hybridized carbons (Fsp3) is 0.182. The van der Waals surface area contributed by atoms with E-state index in [0.717, 1.165) is 30.0 Å². The number of benzene rings is 2. The van der Waals surface area contributed by atoms with Crippen LogP contribution in [-0.4, -0.2) is 37.0 Å². The van der Waals surface area contributed by atoms with Crippen molar-refractivity contribution >= 4 is 29.1 Å². The van der Waals surface area contributed by atoms with Crippen LogP contribution >= 0.6 is 11.8 Å². The highest BCUT2D eigenvalue weighted by molar-refractivity contribution is 8.06. The van der Waals surface area contributed by atoms with Crippen LogP contribution in [0.3, 0.4) is 0 Å². The molecule has 4 rings (SSSR count). The number of thioether (sulfide) groups is 1. The number of nitriles is 1. The molecule has 0 spiro atoms. The van der Waals surface area contributed by atoms with E-state index in [9.17, 15) is 10.1 Å². The van der Waals surface area contributed by atoms with E-state index in [1.54, 1.807) is 4.90 Å². The van der Waals surface area contributed by atoms with Gasteiger partial charge in [-0.2, -0.15) is 5.26 Å². The van der Waals surface area contributed by atoms with Crippen LogP contribution in [-0.2, 0) is 4.79 Å². The van der Waals surface area contributed by atoms with E-state index in [4.69, 9.17) is 0 Å². The Morgan fingerprint density at radius 3 is 2.29 bits per heavy atom. The van der Waals surface area contributed by atoms with E-state index in [2.05, 4.69) is 11.4 Å². The van der Waals surface area contributed by atoms with Crippen LogP contribution in [0.25, 0.3) is 5.70 Å². The van der Waals surface area contributed by atoms with E-state index in [1.165, 1.54) is 11.8 Å². The summed E-state index contributed by atoms with van der Waals surface area (Å²) < 4.78 is 0. The van der Waals surface area contributed by atoms with Gasteiger partial charge in [0, 0.05) is 37.3 Å². The zero-order valence-electron chi connectivity index (χ0n) is 15.3. The summed E-state index contributed by atoms with van der Waals surface area (Å²) in [4.78, 5) is 16.9. The van der Waals surface area contributed by atoms with Crippen molar-refractivity contribution < 1.29 is 4.79 Å². The van der Waals surface area contributed by atoms with Crippen molar-refractivity contribution in [1.82, 2.24) is 10.2 Å². The van der Waals surface area contributed by atoms with Gasteiger partial charge in [-0.25, -0.2) is 0 Å². The standard InChI is InChI=1S/C22H20N4OS/c23-15-19(21(27)25-13-11-24-12-14-25)22-26(18-9-5-2-6-10-18)20(16-28-22)17-7-3-1-4-8-17/h1-10,16,24H,11-14H2/b22-19-. The van der Waals surface area contributed by atoms with Gasteiger partial charge in [0.05, 0.1) is 5.70 Å². The van der Waals surface area contributed by atoms with E-state index >= 15 is 0 Å². The molecule has 0 aromatic heterocycles. The van der Waals surface area contributed by atoms with Crippen LogP contribution < -0.4 is 10.2 Å². The number of piperazine rings is 1. The fourth-order valence-electron chi connectivity index (χ4n) is 3.35. The molecule has 1 saturated heterocycles. The van der Waals surface area contributed by atoms with Crippen LogP contribution in [0.4, 0.5) is 5.69 Å². The third kappa shape index (κ3) is 3.55. The summed E-state index contributed by atoms with van der Waals surface area (Å²) in [6.45, 7) is 2.74. The molecule has 0 atom stereocenters. The summed E-state index contributed by atoms with van der Waals surface area (Å²) >= 11 is 1.43. The summed E-state index contributed by atoms with van der Waals surface area (Å²) in [6, 6.07) is 22.1. The molecule has 0 bridgehead atoms. The Morgan fingerprint density at radius 2 is 1.64 bits per heavy atom. The Morgan fingerprint density at radius 1 is 1.00 bits per heavy atom. The lowest BCUT2D eigenvalue weighted by molar-refractivity contribution is -0.127. The molecule has 0 unspecified atom stereocenters. The Hall–Kier alpha value is -3.01. The minimum absolute atomic E-state index is 0.193. The summed E-state index contributed by atoms with van der Waals surface area (Å²) in [7, 11) is 0. The largest absolute Gasteiger partial charge is 0.335 e. The van der Waals surface area contributed by atoms with Gasteiger partial charge < -0.3 is 15.1 Å². The Bertz CT molecular complexity index is 957. The predicted octanol–water partition coefficient (Wildman–Crippen LogP) is 3.41. The number of nitrogens with zero attached hydrogens (tertiary/aromatic N) is 3. The highest BCUT2D eigenvalue weighted by Crippen LogP contribution is 2.44. The first kappa shape index (κ1) is 18.4. The second kappa shape index (κ2) is 8.34. The maximum atomic E-state index is 13.1. The molecule has 0 aliphatic carbocycles. The molecule has 5 nitrogen and oxygen atoms in total. The Balaban J connectivity index is 1.78. The topological polar surface area (TPSA) is 59.4 Å². The summed E-state index contributed by atoms with van der Waals surface area (Å²) in [5.41, 5.74) is 3.13. The Kier molecular flexibility index (Phi) is 5.47. The smallest absolute Gasteiger partial charge is 0.267 e. The highest BCUT2D eigenvalue weighted by atomic mass is 32.2. The number of carbonyl (C=O) groups excluding carboxylic acids is 1. The fourth-order valence-corrected chi connectivity index (χ4v) is 4.37. The van der Waals surface area contributed by atoms with Crippen LogP contribution in [0.1, 0.15) is 5.56 Å². The maximum Gasteiger partial charge on any atom is 0.267 e. The van der Waals surface area contributed by atoms with Gasteiger partial charge in [-0.1, -0.05) is 60.3 Å². The Labute approximate surface area is 168 Å². The lowest BCUT2D eigenvalue weighted by atomic mass is 10.1. The van der Waals surface area contributed by atoms with Gasteiger partial charge >= 0.3 is 0 Å². The van der Waals surface area contributed by atoms with Gasteiger partial charge in [0.25, 0.3) is 5.91 Å². The molecule has 2 heterocycles. The molecule has 1 fully saturated rings. The second-order valence-corrected chi connectivity index (χ2v) is 7.35. The molecule has 2 aromatic rings. The lowest BCUT2D eigenvalue weighted by Crippen LogP contribution is -2.47. The van der Waals surface area contributed by atoms with Crippen molar-refractivity contribution in [3.8, 4) is 6.07 Å². The van der Waals surface area contributed by atoms with Crippen LogP contribution in [0.2, 0.25) is 0 Å². The molecule has 140 valence electrons. The number of hydrogen-bond acceptors (Lipinski definition) is 5. The molecular formula is C22H20N4OS. The number of anilines is 1. The SMILES string of the molecule is N#C/C(C(=O)N1CCNCC1)=C1/SC=C(c2ccccc2)N1c1ccccc1. The van der Waals surface area contributed by atoms with E-state index in [-0.39, 0.29) is 11.5 Å². The monoisotopic (exact) mass is 388 g/mol. The summed E-state index contributed by atoms with van der Waals surface area (Å²) in [5, 5.41) is 15.8. The van der Waals surface area contributed by atoms with Crippen molar-refractivity contribution in [1.29, 1.82) is 5.26 Å².